The third-order valence-corrected chi connectivity index (χ3v) is 6.78. The molecular weight excluding hydrogens is 386 g/mol. The van der Waals surface area contributed by atoms with E-state index in [0.29, 0.717) is 0 Å². The number of hydrogen-bond donors (Lipinski definition) is 0. The van der Waals surface area contributed by atoms with Gasteiger partial charge in [-0.05, 0) is 31.9 Å². The quantitative estimate of drug-likeness (QED) is 0.762. The van der Waals surface area contributed by atoms with Gasteiger partial charge in [0.15, 0.2) is 5.13 Å². The van der Waals surface area contributed by atoms with Gasteiger partial charge in [-0.1, -0.05) is 25.2 Å². The second-order valence-corrected chi connectivity index (χ2v) is 9.49. The van der Waals surface area contributed by atoms with Crippen LogP contribution in [-0.2, 0) is 9.53 Å². The first kappa shape index (κ1) is 20.5. The number of carbonyl (C=O) groups is 1. The third-order valence-electron chi connectivity index (χ3n) is 5.74. The van der Waals surface area contributed by atoms with Crippen LogP contribution >= 0.6 is 11.3 Å². The van der Waals surface area contributed by atoms with Crippen LogP contribution in [0.15, 0.2) is 18.3 Å². The predicted molar refractivity (Wildman–Crippen MR) is 116 cm³/mol. The van der Waals surface area contributed by atoms with Crippen LogP contribution in [0.5, 0.6) is 0 Å². The first-order valence-corrected chi connectivity index (χ1v) is 11.4. The molecule has 2 aliphatic rings. The molecule has 4 heterocycles. The molecule has 0 bridgehead atoms. The number of rotatable bonds is 4. The Hall–Kier alpha value is -1.77. The second kappa shape index (κ2) is 8.53. The molecule has 2 aromatic heterocycles. The molecule has 3 unspecified atom stereocenters. The number of ether oxygens (including phenoxy) is 1. The van der Waals surface area contributed by atoms with Crippen LogP contribution in [0.4, 0.5) is 5.13 Å². The van der Waals surface area contributed by atoms with E-state index in [2.05, 4.69) is 42.5 Å². The van der Waals surface area contributed by atoms with Crippen LogP contribution in [0.25, 0.3) is 10.3 Å². The van der Waals surface area contributed by atoms with Crippen LogP contribution in [0.1, 0.15) is 27.7 Å². The van der Waals surface area contributed by atoms with Gasteiger partial charge in [0.05, 0.1) is 18.2 Å². The summed E-state index contributed by atoms with van der Waals surface area (Å²) in [6.45, 7) is 13.2. The molecule has 158 valence electrons. The average molecular weight is 418 g/mol. The van der Waals surface area contributed by atoms with Crippen LogP contribution in [0.2, 0.25) is 0 Å². The number of pyridine rings is 1. The number of hydrogen-bond acceptors (Lipinski definition) is 7. The molecule has 2 aromatic rings. The number of fused-ring (bicyclic) bond motifs is 1. The number of aromatic nitrogens is 2. The molecular formula is C21H31N5O2S. The SMILES string of the molecule is CC1CN(C(C(=O)N2CCN(c3nc4cccnc4s3)CC2)C(C)C)CC(C)O1. The number of nitrogens with zero attached hydrogens (tertiary/aromatic N) is 5. The normalized spacial score (nSPS) is 25.0. The Kier molecular flexibility index (Phi) is 6.03. The fraction of sp³-hybridized carbons (Fsp3) is 0.667. The van der Waals surface area contributed by atoms with Gasteiger partial charge in [0.2, 0.25) is 5.91 Å². The lowest BCUT2D eigenvalue weighted by Gasteiger charge is -2.44. The molecule has 4 rings (SSSR count). The maximum atomic E-state index is 13.4. The highest BCUT2D eigenvalue weighted by Gasteiger charge is 2.37. The summed E-state index contributed by atoms with van der Waals surface area (Å²) in [6.07, 6.45) is 2.13. The fourth-order valence-electron chi connectivity index (χ4n) is 4.51. The van der Waals surface area contributed by atoms with Crippen molar-refractivity contribution in [3.63, 3.8) is 0 Å². The summed E-state index contributed by atoms with van der Waals surface area (Å²) in [5.41, 5.74) is 0.946. The van der Waals surface area contributed by atoms with Crippen molar-refractivity contribution in [2.24, 2.45) is 5.92 Å². The Bertz CT molecular complexity index is 805. The van der Waals surface area contributed by atoms with Crippen LogP contribution < -0.4 is 4.90 Å². The smallest absolute Gasteiger partial charge is 0.240 e. The topological polar surface area (TPSA) is 61.8 Å². The van der Waals surface area contributed by atoms with Crippen LogP contribution in [-0.4, -0.2) is 83.2 Å². The van der Waals surface area contributed by atoms with E-state index in [-0.39, 0.29) is 30.1 Å². The minimum Gasteiger partial charge on any atom is -0.373 e. The van der Waals surface area contributed by atoms with Gasteiger partial charge in [0.25, 0.3) is 0 Å². The summed E-state index contributed by atoms with van der Waals surface area (Å²) in [5.74, 6) is 0.528. The minimum atomic E-state index is -0.0815. The van der Waals surface area contributed by atoms with Gasteiger partial charge in [-0.3, -0.25) is 9.69 Å². The molecule has 29 heavy (non-hydrogen) atoms. The molecule has 2 aliphatic heterocycles. The predicted octanol–water partition coefficient (Wildman–Crippen LogP) is 2.47. The Morgan fingerprint density at radius 2 is 1.86 bits per heavy atom. The largest absolute Gasteiger partial charge is 0.373 e. The molecule has 0 aliphatic carbocycles. The standard InChI is InChI=1S/C21H31N5O2S/c1-14(2)18(26-12-15(3)28-16(4)13-26)20(27)24-8-10-25(11-9-24)21-23-17-6-5-7-22-19(17)29-21/h5-7,14-16,18H,8-13H2,1-4H3. The van der Waals surface area contributed by atoms with E-state index >= 15 is 0 Å². The summed E-state index contributed by atoms with van der Waals surface area (Å²) >= 11 is 1.63. The number of anilines is 1. The Morgan fingerprint density at radius 1 is 1.17 bits per heavy atom. The lowest BCUT2D eigenvalue weighted by Crippen LogP contribution is -2.60. The highest BCUT2D eigenvalue weighted by molar-refractivity contribution is 7.21. The van der Waals surface area contributed by atoms with Crippen LogP contribution in [0.3, 0.4) is 0 Å². The molecule has 0 radical (unpaired) electrons. The fourth-order valence-corrected chi connectivity index (χ4v) is 5.47. The van der Waals surface area contributed by atoms with E-state index in [1.54, 1.807) is 17.5 Å². The van der Waals surface area contributed by atoms with E-state index in [1.807, 2.05) is 17.0 Å². The van der Waals surface area contributed by atoms with Gasteiger partial charge >= 0.3 is 0 Å². The zero-order valence-electron chi connectivity index (χ0n) is 17.7. The summed E-state index contributed by atoms with van der Waals surface area (Å²) in [7, 11) is 0. The van der Waals surface area contributed by atoms with Gasteiger partial charge in [-0.25, -0.2) is 9.97 Å². The zero-order chi connectivity index (χ0) is 20.5. The molecule has 0 saturated carbocycles. The number of carbonyl (C=O) groups excluding carboxylic acids is 1. The number of amides is 1. The molecule has 3 atom stereocenters. The summed E-state index contributed by atoms with van der Waals surface area (Å²) in [6, 6.07) is 3.84. The number of thiazole rings is 1. The van der Waals surface area contributed by atoms with E-state index in [9.17, 15) is 4.79 Å². The average Bonchev–Trinajstić information content (AvgIpc) is 3.11. The first-order chi connectivity index (χ1) is 13.9. The second-order valence-electron chi connectivity index (χ2n) is 8.54. The van der Waals surface area contributed by atoms with E-state index in [4.69, 9.17) is 9.72 Å². The molecule has 0 N–H and O–H groups in total. The van der Waals surface area contributed by atoms with Crippen molar-refractivity contribution in [2.75, 3.05) is 44.2 Å². The highest BCUT2D eigenvalue weighted by Crippen LogP contribution is 2.28. The Balaban J connectivity index is 1.41. The highest BCUT2D eigenvalue weighted by atomic mass is 32.1. The maximum Gasteiger partial charge on any atom is 0.240 e. The Morgan fingerprint density at radius 3 is 2.48 bits per heavy atom. The zero-order valence-corrected chi connectivity index (χ0v) is 18.6. The van der Waals surface area contributed by atoms with Gasteiger partial charge in [0.1, 0.15) is 10.3 Å². The first-order valence-electron chi connectivity index (χ1n) is 10.6. The van der Waals surface area contributed by atoms with Crippen molar-refractivity contribution in [1.29, 1.82) is 0 Å². The van der Waals surface area contributed by atoms with Crippen molar-refractivity contribution in [3.05, 3.63) is 18.3 Å². The monoisotopic (exact) mass is 417 g/mol. The lowest BCUT2D eigenvalue weighted by molar-refractivity contribution is -0.145. The van der Waals surface area contributed by atoms with Crippen molar-refractivity contribution < 1.29 is 9.53 Å². The van der Waals surface area contributed by atoms with Gasteiger partial charge in [-0.15, -0.1) is 0 Å². The lowest BCUT2D eigenvalue weighted by atomic mass is 9.98. The molecule has 1 amide bonds. The Labute approximate surface area is 176 Å². The van der Waals surface area contributed by atoms with E-state index in [0.717, 1.165) is 54.7 Å². The van der Waals surface area contributed by atoms with Crippen molar-refractivity contribution >= 4 is 32.7 Å². The third kappa shape index (κ3) is 4.39. The molecule has 0 aromatic carbocycles. The van der Waals surface area contributed by atoms with E-state index in [1.165, 1.54) is 0 Å². The molecule has 2 saturated heterocycles. The number of piperazine rings is 1. The van der Waals surface area contributed by atoms with Crippen molar-refractivity contribution in [3.8, 4) is 0 Å². The number of morpholine rings is 1. The van der Waals surface area contributed by atoms with Crippen LogP contribution in [0, 0.1) is 5.92 Å². The van der Waals surface area contributed by atoms with Gasteiger partial charge < -0.3 is 14.5 Å². The summed E-state index contributed by atoms with van der Waals surface area (Å²) in [5, 5.41) is 1.00. The minimum absolute atomic E-state index is 0.0815. The molecule has 7 nitrogen and oxygen atoms in total. The maximum absolute atomic E-state index is 13.4. The molecule has 2 fully saturated rings. The van der Waals surface area contributed by atoms with E-state index < -0.39 is 0 Å². The van der Waals surface area contributed by atoms with Crippen molar-refractivity contribution in [1.82, 2.24) is 19.8 Å². The van der Waals surface area contributed by atoms with Gasteiger partial charge in [0, 0.05) is 45.5 Å². The van der Waals surface area contributed by atoms with Gasteiger partial charge in [-0.2, -0.15) is 0 Å². The summed E-state index contributed by atoms with van der Waals surface area (Å²) in [4.78, 5) is 30.2. The summed E-state index contributed by atoms with van der Waals surface area (Å²) < 4.78 is 5.88. The van der Waals surface area contributed by atoms with Crippen molar-refractivity contribution in [2.45, 2.75) is 45.9 Å². The molecule has 0 spiro atoms. The molecule has 8 heteroatoms.